The Kier molecular flexibility index (Phi) is 4.88. The van der Waals surface area contributed by atoms with Crippen LogP contribution in [0.4, 0.5) is 4.79 Å². The highest BCUT2D eigenvalue weighted by Gasteiger charge is 2.25. The molecule has 1 aliphatic carbocycles. The summed E-state index contributed by atoms with van der Waals surface area (Å²) in [5.74, 6) is 0.0921. The van der Waals surface area contributed by atoms with Gasteiger partial charge in [-0.2, -0.15) is 0 Å². The Morgan fingerprint density at radius 2 is 2.00 bits per heavy atom. The minimum atomic E-state index is -0.884. The van der Waals surface area contributed by atoms with Crippen molar-refractivity contribution in [2.45, 2.75) is 52.2 Å². The summed E-state index contributed by atoms with van der Waals surface area (Å²) in [7, 11) is 0. The van der Waals surface area contributed by atoms with E-state index in [2.05, 4.69) is 28.8 Å². The molecule has 0 saturated heterocycles. The first-order chi connectivity index (χ1) is 9.88. The van der Waals surface area contributed by atoms with E-state index >= 15 is 0 Å². The van der Waals surface area contributed by atoms with Crippen LogP contribution in [-0.2, 0) is 19.4 Å². The summed E-state index contributed by atoms with van der Waals surface area (Å²) in [5.41, 5.74) is 3.10. The molecule has 0 aromatic heterocycles. The molecule has 0 spiro atoms. The molecule has 21 heavy (non-hydrogen) atoms. The van der Waals surface area contributed by atoms with E-state index in [1.54, 1.807) is 6.92 Å². The van der Waals surface area contributed by atoms with Crippen molar-refractivity contribution in [1.82, 2.24) is 10.6 Å². The molecule has 3 N–H and O–H groups in total. The normalized spacial score (nSPS) is 16.4. The molecule has 1 aromatic carbocycles. The first-order valence-corrected chi connectivity index (χ1v) is 7.73. The standard InChI is InChI=1S/C17H26N2O2/c1-12(2)17(3,21)11-19-16(20)18-10-13-7-8-14-5-4-6-15(14)9-13/h7-9,12,21H,4-6,10-11H2,1-3H3,(H2,18,19,20). The van der Waals surface area contributed by atoms with Crippen LogP contribution in [-0.4, -0.2) is 23.3 Å². The van der Waals surface area contributed by atoms with Crippen molar-refractivity contribution in [3.63, 3.8) is 0 Å². The molecule has 4 nitrogen and oxygen atoms in total. The first-order valence-electron chi connectivity index (χ1n) is 7.73. The van der Waals surface area contributed by atoms with Crippen molar-refractivity contribution in [1.29, 1.82) is 0 Å². The Morgan fingerprint density at radius 1 is 1.29 bits per heavy atom. The zero-order valence-electron chi connectivity index (χ0n) is 13.2. The highest BCUT2D eigenvalue weighted by Crippen LogP contribution is 2.22. The summed E-state index contributed by atoms with van der Waals surface area (Å²) in [6, 6.07) is 6.19. The van der Waals surface area contributed by atoms with Crippen LogP contribution >= 0.6 is 0 Å². The third kappa shape index (κ3) is 4.21. The van der Waals surface area contributed by atoms with Crippen molar-refractivity contribution in [3.8, 4) is 0 Å². The zero-order valence-corrected chi connectivity index (χ0v) is 13.2. The predicted molar refractivity (Wildman–Crippen MR) is 84.2 cm³/mol. The van der Waals surface area contributed by atoms with Gasteiger partial charge in [-0.3, -0.25) is 0 Å². The van der Waals surface area contributed by atoms with Gasteiger partial charge in [-0.1, -0.05) is 32.0 Å². The Labute approximate surface area is 126 Å². The van der Waals surface area contributed by atoms with E-state index in [0.29, 0.717) is 6.54 Å². The topological polar surface area (TPSA) is 61.4 Å². The smallest absolute Gasteiger partial charge is 0.315 e. The van der Waals surface area contributed by atoms with Crippen LogP contribution in [0.1, 0.15) is 43.9 Å². The third-order valence-electron chi connectivity index (χ3n) is 4.47. The number of nitrogens with one attached hydrogen (secondary N) is 2. The number of carbonyl (C=O) groups is 1. The average Bonchev–Trinajstić information content (AvgIpc) is 2.90. The SMILES string of the molecule is CC(C)C(C)(O)CNC(=O)NCc1ccc2c(c1)CCC2. The predicted octanol–water partition coefficient (Wildman–Crippen LogP) is 2.38. The van der Waals surface area contributed by atoms with Gasteiger partial charge in [-0.05, 0) is 48.8 Å². The van der Waals surface area contributed by atoms with Crippen LogP contribution in [0.5, 0.6) is 0 Å². The number of rotatable bonds is 5. The van der Waals surface area contributed by atoms with E-state index < -0.39 is 5.60 Å². The van der Waals surface area contributed by atoms with E-state index in [9.17, 15) is 9.90 Å². The molecule has 2 rings (SSSR count). The molecule has 1 aromatic rings. The van der Waals surface area contributed by atoms with Gasteiger partial charge in [0, 0.05) is 13.1 Å². The largest absolute Gasteiger partial charge is 0.388 e. The van der Waals surface area contributed by atoms with Crippen LogP contribution < -0.4 is 10.6 Å². The van der Waals surface area contributed by atoms with Gasteiger partial charge in [0.2, 0.25) is 0 Å². The lowest BCUT2D eigenvalue weighted by Gasteiger charge is -2.27. The van der Waals surface area contributed by atoms with Gasteiger partial charge in [-0.15, -0.1) is 0 Å². The van der Waals surface area contributed by atoms with Crippen molar-refractivity contribution in [2.75, 3.05) is 6.54 Å². The molecule has 0 fully saturated rings. The molecule has 116 valence electrons. The fourth-order valence-electron chi connectivity index (χ4n) is 2.44. The third-order valence-corrected chi connectivity index (χ3v) is 4.47. The molecule has 0 heterocycles. The van der Waals surface area contributed by atoms with Gasteiger partial charge in [0.15, 0.2) is 0 Å². The number of hydrogen-bond acceptors (Lipinski definition) is 2. The molecule has 1 aliphatic rings. The molecular formula is C17H26N2O2. The molecule has 2 amide bonds. The zero-order chi connectivity index (χ0) is 15.5. The lowest BCUT2D eigenvalue weighted by molar-refractivity contribution is 0.0166. The van der Waals surface area contributed by atoms with Crippen LogP contribution in [0.3, 0.4) is 0 Å². The fraction of sp³-hybridized carbons (Fsp3) is 0.588. The Morgan fingerprint density at radius 3 is 2.71 bits per heavy atom. The number of amides is 2. The van der Waals surface area contributed by atoms with Gasteiger partial charge < -0.3 is 15.7 Å². The van der Waals surface area contributed by atoms with Gasteiger partial charge in [0.25, 0.3) is 0 Å². The fourth-order valence-corrected chi connectivity index (χ4v) is 2.44. The summed E-state index contributed by atoms with van der Waals surface area (Å²) < 4.78 is 0. The highest BCUT2D eigenvalue weighted by molar-refractivity contribution is 5.73. The van der Waals surface area contributed by atoms with E-state index in [1.807, 2.05) is 13.8 Å². The Bertz CT molecular complexity index is 510. The second-order valence-electron chi connectivity index (χ2n) is 6.50. The second kappa shape index (κ2) is 6.48. The van der Waals surface area contributed by atoms with Crippen molar-refractivity contribution >= 4 is 6.03 Å². The minimum Gasteiger partial charge on any atom is -0.388 e. The number of aliphatic hydroxyl groups is 1. The number of hydrogen-bond donors (Lipinski definition) is 3. The number of urea groups is 1. The maximum absolute atomic E-state index is 11.8. The molecule has 1 atom stereocenters. The van der Waals surface area contributed by atoms with Crippen LogP contribution in [0.2, 0.25) is 0 Å². The number of carbonyl (C=O) groups excluding carboxylic acids is 1. The summed E-state index contributed by atoms with van der Waals surface area (Å²) >= 11 is 0. The maximum atomic E-state index is 11.8. The maximum Gasteiger partial charge on any atom is 0.315 e. The molecular weight excluding hydrogens is 264 g/mol. The molecule has 0 radical (unpaired) electrons. The van der Waals surface area contributed by atoms with E-state index in [1.165, 1.54) is 24.0 Å². The van der Waals surface area contributed by atoms with Gasteiger partial charge >= 0.3 is 6.03 Å². The lowest BCUT2D eigenvalue weighted by Crippen LogP contribution is -2.47. The summed E-state index contributed by atoms with van der Waals surface area (Å²) in [6.45, 7) is 6.37. The number of benzene rings is 1. The van der Waals surface area contributed by atoms with E-state index in [0.717, 1.165) is 12.0 Å². The first kappa shape index (κ1) is 15.8. The molecule has 0 saturated carbocycles. The van der Waals surface area contributed by atoms with Crippen LogP contribution in [0.25, 0.3) is 0 Å². The number of aryl methyl sites for hydroxylation is 2. The van der Waals surface area contributed by atoms with E-state index in [-0.39, 0.29) is 18.5 Å². The van der Waals surface area contributed by atoms with Crippen LogP contribution in [0, 0.1) is 5.92 Å². The summed E-state index contributed by atoms with van der Waals surface area (Å²) in [5, 5.41) is 15.7. The van der Waals surface area contributed by atoms with Crippen LogP contribution in [0.15, 0.2) is 18.2 Å². The monoisotopic (exact) mass is 290 g/mol. The lowest BCUT2D eigenvalue weighted by atomic mass is 9.93. The molecule has 1 unspecified atom stereocenters. The molecule has 4 heteroatoms. The minimum absolute atomic E-state index is 0.0921. The summed E-state index contributed by atoms with van der Waals surface area (Å²) in [6.07, 6.45) is 3.55. The van der Waals surface area contributed by atoms with Crippen molar-refractivity contribution < 1.29 is 9.90 Å². The van der Waals surface area contributed by atoms with Gasteiger partial charge in [-0.25, -0.2) is 4.79 Å². The Hall–Kier alpha value is -1.55. The second-order valence-corrected chi connectivity index (χ2v) is 6.50. The quantitative estimate of drug-likeness (QED) is 0.779. The molecule has 0 bridgehead atoms. The van der Waals surface area contributed by atoms with Gasteiger partial charge in [0.1, 0.15) is 0 Å². The van der Waals surface area contributed by atoms with Gasteiger partial charge in [0.05, 0.1) is 5.60 Å². The van der Waals surface area contributed by atoms with Crippen molar-refractivity contribution in [2.24, 2.45) is 5.92 Å². The average molecular weight is 290 g/mol. The Balaban J connectivity index is 1.79. The van der Waals surface area contributed by atoms with E-state index in [4.69, 9.17) is 0 Å². The highest BCUT2D eigenvalue weighted by atomic mass is 16.3. The van der Waals surface area contributed by atoms with Crippen molar-refractivity contribution in [3.05, 3.63) is 34.9 Å². The summed E-state index contributed by atoms with van der Waals surface area (Å²) in [4.78, 5) is 11.8. The molecule has 0 aliphatic heterocycles. The number of fused-ring (bicyclic) bond motifs is 1.